The highest BCUT2D eigenvalue weighted by Gasteiger charge is 2.56. The lowest BCUT2D eigenvalue weighted by atomic mass is 10.6. The molecule has 5 heteroatoms. The topological polar surface area (TPSA) is 57.7 Å². The minimum absolute atomic E-state index is 0.0579. The van der Waals surface area contributed by atoms with E-state index in [4.69, 9.17) is 0 Å². The maximum Gasteiger partial charge on any atom is 0.343 e. The van der Waals surface area contributed by atoms with Gasteiger partial charge in [-0.25, -0.2) is 14.5 Å². The Labute approximate surface area is 49.8 Å². The van der Waals surface area contributed by atoms with Gasteiger partial charge in [-0.1, -0.05) is 0 Å². The molecule has 3 heterocycles. The van der Waals surface area contributed by atoms with Crippen LogP contribution in [0.1, 0.15) is 0 Å². The minimum atomic E-state index is -0.481. The Bertz CT molecular complexity index is 207. The highest BCUT2D eigenvalue weighted by Crippen LogP contribution is 2.23. The van der Waals surface area contributed by atoms with Gasteiger partial charge in [0.25, 0.3) is 5.91 Å². The summed E-state index contributed by atoms with van der Waals surface area (Å²) < 4.78 is 0. The van der Waals surface area contributed by atoms with E-state index in [0.29, 0.717) is 4.90 Å². The molecule has 0 radical (unpaired) electrons. The Morgan fingerprint density at radius 3 is 1.78 bits per heavy atom. The van der Waals surface area contributed by atoms with Crippen molar-refractivity contribution in [2.75, 3.05) is 6.54 Å². The number of imide groups is 4. The maximum absolute atomic E-state index is 10.5. The van der Waals surface area contributed by atoms with Gasteiger partial charge in [0.1, 0.15) is 6.54 Å². The molecular formula is C4H2N2O3. The number of hydrogen-bond donors (Lipinski definition) is 0. The van der Waals surface area contributed by atoms with E-state index >= 15 is 0 Å². The lowest BCUT2D eigenvalue weighted by Crippen LogP contribution is -2.54. The number of nitrogens with zero attached hydrogens (tertiary/aromatic N) is 2. The van der Waals surface area contributed by atoms with Gasteiger partial charge < -0.3 is 0 Å². The molecule has 9 heavy (non-hydrogen) atoms. The summed E-state index contributed by atoms with van der Waals surface area (Å²) in [4.78, 5) is 32.9. The number of hydrogen-bond acceptors (Lipinski definition) is 3. The van der Waals surface area contributed by atoms with Gasteiger partial charge in [0.15, 0.2) is 0 Å². The van der Waals surface area contributed by atoms with Crippen LogP contribution in [-0.4, -0.2) is 34.3 Å². The van der Waals surface area contributed by atoms with Crippen molar-refractivity contribution in [3.8, 4) is 0 Å². The third-order valence-electron chi connectivity index (χ3n) is 1.39. The molecule has 0 spiro atoms. The molecule has 0 aromatic heterocycles. The molecule has 0 N–H and O–H groups in total. The molecule has 5 nitrogen and oxygen atoms in total. The van der Waals surface area contributed by atoms with Crippen molar-refractivity contribution in [3.05, 3.63) is 0 Å². The molecule has 0 aromatic rings. The number of amides is 5. The minimum Gasteiger partial charge on any atom is -0.272 e. The summed E-state index contributed by atoms with van der Waals surface area (Å²) in [6.45, 7) is -0.0579. The van der Waals surface area contributed by atoms with Crippen molar-refractivity contribution in [1.29, 1.82) is 0 Å². The SMILES string of the molecule is O=C1CN2C(=O)N1C2=O. The molecule has 0 aliphatic carbocycles. The Morgan fingerprint density at radius 2 is 1.67 bits per heavy atom. The van der Waals surface area contributed by atoms with Crippen LogP contribution in [0.25, 0.3) is 0 Å². The number of fused-ring (bicyclic) bond motifs is 1. The number of carbonyl (C=O) groups is 3. The largest absolute Gasteiger partial charge is 0.343 e. The molecule has 3 rings (SSSR count). The Kier molecular flexibility index (Phi) is 0.486. The van der Waals surface area contributed by atoms with Gasteiger partial charge in [-0.3, -0.25) is 4.79 Å². The second-order valence-corrected chi connectivity index (χ2v) is 1.88. The van der Waals surface area contributed by atoms with Gasteiger partial charge >= 0.3 is 12.1 Å². The van der Waals surface area contributed by atoms with Gasteiger partial charge in [-0.05, 0) is 0 Å². The van der Waals surface area contributed by atoms with Crippen LogP contribution >= 0.6 is 0 Å². The number of urea groups is 2. The zero-order chi connectivity index (χ0) is 6.59. The van der Waals surface area contributed by atoms with Crippen LogP contribution in [0.4, 0.5) is 9.59 Å². The van der Waals surface area contributed by atoms with E-state index in [9.17, 15) is 14.4 Å². The fourth-order valence-corrected chi connectivity index (χ4v) is 0.915. The van der Waals surface area contributed by atoms with Gasteiger partial charge in [-0.15, -0.1) is 0 Å². The molecule has 2 bridgehead atoms. The summed E-state index contributed by atoms with van der Waals surface area (Å²) in [5.74, 6) is -0.412. The molecular weight excluding hydrogens is 124 g/mol. The Hall–Kier alpha value is -1.39. The summed E-state index contributed by atoms with van der Waals surface area (Å²) in [7, 11) is 0. The van der Waals surface area contributed by atoms with Gasteiger partial charge in [0.05, 0.1) is 0 Å². The normalized spacial score (nSPS) is 23.3. The number of rotatable bonds is 0. The summed E-state index contributed by atoms with van der Waals surface area (Å²) in [6, 6.07) is -0.963. The monoisotopic (exact) mass is 126 g/mol. The van der Waals surface area contributed by atoms with Crippen LogP contribution in [0.5, 0.6) is 0 Å². The molecule has 0 saturated carbocycles. The number of carbonyl (C=O) groups excluding carboxylic acids is 3. The first-order chi connectivity index (χ1) is 4.22. The second kappa shape index (κ2) is 0.975. The molecule has 0 unspecified atom stereocenters. The maximum atomic E-state index is 10.5. The van der Waals surface area contributed by atoms with E-state index in [-0.39, 0.29) is 6.54 Å². The van der Waals surface area contributed by atoms with Crippen LogP contribution < -0.4 is 0 Å². The highest BCUT2D eigenvalue weighted by atomic mass is 16.3. The summed E-state index contributed by atoms with van der Waals surface area (Å²) in [5, 5.41) is 0. The highest BCUT2D eigenvalue weighted by molar-refractivity contribution is 6.28. The first-order valence-electron chi connectivity index (χ1n) is 2.40. The van der Waals surface area contributed by atoms with Crippen LogP contribution in [0.15, 0.2) is 0 Å². The summed E-state index contributed by atoms with van der Waals surface area (Å²) in [5.41, 5.74) is 0. The van der Waals surface area contributed by atoms with Crippen LogP contribution in [0.3, 0.4) is 0 Å². The summed E-state index contributed by atoms with van der Waals surface area (Å²) in [6.07, 6.45) is 0. The van der Waals surface area contributed by atoms with Gasteiger partial charge in [-0.2, -0.15) is 4.90 Å². The molecule has 3 aliphatic rings. The van der Waals surface area contributed by atoms with Crippen molar-refractivity contribution in [1.82, 2.24) is 9.80 Å². The van der Waals surface area contributed by atoms with E-state index in [2.05, 4.69) is 0 Å². The fourth-order valence-electron chi connectivity index (χ4n) is 0.915. The molecule has 0 atom stereocenters. The van der Waals surface area contributed by atoms with E-state index in [1.165, 1.54) is 0 Å². The van der Waals surface area contributed by atoms with E-state index in [0.717, 1.165) is 4.90 Å². The molecule has 0 aromatic carbocycles. The van der Waals surface area contributed by atoms with Crippen molar-refractivity contribution >= 4 is 18.0 Å². The van der Waals surface area contributed by atoms with Crippen LogP contribution in [-0.2, 0) is 4.79 Å². The third-order valence-corrected chi connectivity index (χ3v) is 1.39. The average Bonchev–Trinajstić information content (AvgIpc) is 2.23. The first kappa shape index (κ1) is 4.49. The lowest BCUT2D eigenvalue weighted by Gasteiger charge is -2.23. The average molecular weight is 126 g/mol. The summed E-state index contributed by atoms with van der Waals surface area (Å²) >= 11 is 0. The van der Waals surface area contributed by atoms with Crippen LogP contribution in [0.2, 0.25) is 0 Å². The zero-order valence-corrected chi connectivity index (χ0v) is 4.33. The molecule has 3 fully saturated rings. The van der Waals surface area contributed by atoms with Crippen LogP contribution in [0, 0.1) is 0 Å². The molecule has 3 aliphatic heterocycles. The van der Waals surface area contributed by atoms with Crippen molar-refractivity contribution in [2.24, 2.45) is 0 Å². The van der Waals surface area contributed by atoms with Crippen molar-refractivity contribution in [2.45, 2.75) is 0 Å². The Morgan fingerprint density at radius 1 is 1.11 bits per heavy atom. The van der Waals surface area contributed by atoms with E-state index in [1.807, 2.05) is 0 Å². The molecule has 5 amide bonds. The van der Waals surface area contributed by atoms with Crippen molar-refractivity contribution < 1.29 is 14.4 Å². The standard InChI is InChI=1S/C4H2N2O3/c7-2-1-5-3(8)6(2)4(5)9/h1H2. The smallest absolute Gasteiger partial charge is 0.272 e. The van der Waals surface area contributed by atoms with Gasteiger partial charge in [0, 0.05) is 0 Å². The first-order valence-corrected chi connectivity index (χ1v) is 2.40. The lowest BCUT2D eigenvalue weighted by molar-refractivity contribution is -0.121. The Balaban J connectivity index is 2.46. The predicted octanol–water partition coefficient (Wildman–Crippen LogP) is -0.616. The third kappa shape index (κ3) is 0.275. The van der Waals surface area contributed by atoms with Crippen molar-refractivity contribution in [3.63, 3.8) is 0 Å². The van der Waals surface area contributed by atoms with E-state index < -0.39 is 18.0 Å². The quantitative estimate of drug-likeness (QED) is 0.406. The van der Waals surface area contributed by atoms with Gasteiger partial charge in [0.2, 0.25) is 0 Å². The van der Waals surface area contributed by atoms with E-state index in [1.54, 1.807) is 0 Å². The molecule has 46 valence electrons. The fraction of sp³-hybridized carbons (Fsp3) is 0.250. The second-order valence-electron chi connectivity index (χ2n) is 1.88. The molecule has 3 saturated heterocycles. The predicted molar refractivity (Wildman–Crippen MR) is 24.3 cm³/mol. The zero-order valence-electron chi connectivity index (χ0n) is 4.33.